The highest BCUT2D eigenvalue weighted by molar-refractivity contribution is 5.97. The van der Waals surface area contributed by atoms with E-state index in [0.29, 0.717) is 13.1 Å². The predicted molar refractivity (Wildman–Crippen MR) is 65.0 cm³/mol. The summed E-state index contributed by atoms with van der Waals surface area (Å²) in [5.41, 5.74) is 5.44. The summed E-state index contributed by atoms with van der Waals surface area (Å²) in [6.07, 6.45) is 2.75. The van der Waals surface area contributed by atoms with Crippen LogP contribution in [0.2, 0.25) is 0 Å². The molecule has 0 aliphatic rings. The number of rotatable bonds is 6. The Morgan fingerprint density at radius 1 is 1.24 bits per heavy atom. The van der Waals surface area contributed by atoms with Crippen LogP contribution in [0.5, 0.6) is 11.5 Å². The highest BCUT2D eigenvalue weighted by Crippen LogP contribution is 2.27. The number of benzene rings is 1. The molecule has 0 fully saturated rings. The molecule has 1 aromatic carbocycles. The molecule has 1 rings (SSSR count). The average Bonchev–Trinajstić information content (AvgIpc) is 2.32. The first-order valence-corrected chi connectivity index (χ1v) is 5.66. The van der Waals surface area contributed by atoms with Crippen molar-refractivity contribution in [3.05, 3.63) is 23.8 Å². The molecule has 5 heteroatoms. The van der Waals surface area contributed by atoms with Gasteiger partial charge in [0.25, 0.3) is 5.91 Å². The summed E-state index contributed by atoms with van der Waals surface area (Å²) in [7, 11) is 0. The highest BCUT2D eigenvalue weighted by Gasteiger charge is 2.12. The molecule has 0 saturated carbocycles. The molecule has 1 aromatic rings. The van der Waals surface area contributed by atoms with Gasteiger partial charge < -0.3 is 21.3 Å². The van der Waals surface area contributed by atoms with E-state index < -0.39 is 0 Å². The Labute approximate surface area is 100 Å². The Balaban J connectivity index is 2.44. The van der Waals surface area contributed by atoms with Crippen molar-refractivity contribution >= 4 is 5.91 Å². The fourth-order valence-corrected chi connectivity index (χ4v) is 1.46. The minimum Gasteiger partial charge on any atom is -0.504 e. The van der Waals surface area contributed by atoms with E-state index >= 15 is 0 Å². The van der Waals surface area contributed by atoms with Crippen molar-refractivity contribution in [3.63, 3.8) is 0 Å². The average molecular weight is 238 g/mol. The fourth-order valence-electron chi connectivity index (χ4n) is 1.46. The van der Waals surface area contributed by atoms with Crippen LogP contribution in [0.4, 0.5) is 0 Å². The monoisotopic (exact) mass is 238 g/mol. The number of hydrogen-bond donors (Lipinski definition) is 4. The van der Waals surface area contributed by atoms with Crippen LogP contribution in [-0.4, -0.2) is 29.2 Å². The van der Waals surface area contributed by atoms with Gasteiger partial charge in [0, 0.05) is 6.54 Å². The van der Waals surface area contributed by atoms with E-state index in [2.05, 4.69) is 5.32 Å². The molecule has 0 unspecified atom stereocenters. The summed E-state index contributed by atoms with van der Waals surface area (Å²) in [6, 6.07) is 4.30. The molecular weight excluding hydrogens is 220 g/mol. The second kappa shape index (κ2) is 6.75. The number of para-hydroxylation sites is 1. The molecule has 0 saturated heterocycles. The molecule has 0 radical (unpaired) electrons. The lowest BCUT2D eigenvalue weighted by atomic mass is 10.1. The molecule has 1 amide bonds. The van der Waals surface area contributed by atoms with Crippen molar-refractivity contribution in [2.75, 3.05) is 13.1 Å². The number of nitrogens with one attached hydrogen (secondary N) is 1. The van der Waals surface area contributed by atoms with Gasteiger partial charge in [0.1, 0.15) is 0 Å². The van der Waals surface area contributed by atoms with Gasteiger partial charge in [-0.15, -0.1) is 0 Å². The summed E-state index contributed by atoms with van der Waals surface area (Å²) >= 11 is 0. The van der Waals surface area contributed by atoms with Gasteiger partial charge in [-0.25, -0.2) is 0 Å². The Kier molecular flexibility index (Phi) is 5.29. The van der Waals surface area contributed by atoms with E-state index in [1.807, 2.05) is 0 Å². The van der Waals surface area contributed by atoms with E-state index in [0.717, 1.165) is 19.3 Å². The van der Waals surface area contributed by atoms with Gasteiger partial charge in [-0.3, -0.25) is 4.79 Å². The third-order valence-corrected chi connectivity index (χ3v) is 2.43. The Morgan fingerprint density at radius 2 is 2.00 bits per heavy atom. The van der Waals surface area contributed by atoms with Gasteiger partial charge in [0.15, 0.2) is 11.5 Å². The Hall–Kier alpha value is -1.75. The van der Waals surface area contributed by atoms with Crippen molar-refractivity contribution in [2.45, 2.75) is 19.3 Å². The van der Waals surface area contributed by atoms with E-state index in [4.69, 9.17) is 5.73 Å². The van der Waals surface area contributed by atoms with Gasteiger partial charge in [-0.1, -0.05) is 12.5 Å². The van der Waals surface area contributed by atoms with E-state index in [1.54, 1.807) is 0 Å². The van der Waals surface area contributed by atoms with Crippen molar-refractivity contribution < 1.29 is 15.0 Å². The molecule has 0 heterocycles. The molecule has 0 spiro atoms. The number of phenolic OH excluding ortho intramolecular Hbond substituents is 2. The number of hydrogen-bond acceptors (Lipinski definition) is 4. The first kappa shape index (κ1) is 13.3. The lowest BCUT2D eigenvalue weighted by molar-refractivity contribution is 0.0949. The minimum absolute atomic E-state index is 0.0869. The lowest BCUT2D eigenvalue weighted by Gasteiger charge is -2.07. The second-order valence-corrected chi connectivity index (χ2v) is 3.78. The number of unbranched alkanes of at least 4 members (excludes halogenated alkanes) is 2. The molecule has 0 aromatic heterocycles. The standard InChI is InChI=1S/C12H18N2O3/c13-7-2-1-3-8-14-12(17)9-5-4-6-10(15)11(9)16/h4-6,15-16H,1-3,7-8,13H2,(H,14,17). The van der Waals surface area contributed by atoms with Crippen molar-refractivity contribution in [3.8, 4) is 11.5 Å². The number of phenols is 2. The smallest absolute Gasteiger partial charge is 0.255 e. The molecule has 5 nitrogen and oxygen atoms in total. The first-order valence-electron chi connectivity index (χ1n) is 5.66. The van der Waals surface area contributed by atoms with Crippen molar-refractivity contribution in [1.82, 2.24) is 5.32 Å². The maximum absolute atomic E-state index is 11.6. The summed E-state index contributed by atoms with van der Waals surface area (Å²) in [4.78, 5) is 11.6. The molecule has 0 atom stereocenters. The van der Waals surface area contributed by atoms with E-state index in [-0.39, 0.29) is 23.0 Å². The predicted octanol–water partition coefficient (Wildman–Crippen LogP) is 0.957. The number of aromatic hydroxyl groups is 2. The zero-order valence-electron chi connectivity index (χ0n) is 9.65. The summed E-state index contributed by atoms with van der Waals surface area (Å²) in [6.45, 7) is 1.19. The van der Waals surface area contributed by atoms with Crippen LogP contribution in [0, 0.1) is 0 Å². The summed E-state index contributed by atoms with van der Waals surface area (Å²) in [5.74, 6) is -1.06. The SMILES string of the molecule is NCCCCCNC(=O)c1cccc(O)c1O. The largest absolute Gasteiger partial charge is 0.504 e. The second-order valence-electron chi connectivity index (χ2n) is 3.78. The van der Waals surface area contributed by atoms with Crippen LogP contribution in [0.3, 0.4) is 0 Å². The maximum Gasteiger partial charge on any atom is 0.255 e. The molecule has 0 aliphatic heterocycles. The van der Waals surface area contributed by atoms with Crippen LogP contribution in [-0.2, 0) is 0 Å². The van der Waals surface area contributed by atoms with Crippen LogP contribution >= 0.6 is 0 Å². The quantitative estimate of drug-likeness (QED) is 0.438. The molecule has 5 N–H and O–H groups in total. The van der Waals surface area contributed by atoms with Gasteiger partial charge in [0.05, 0.1) is 5.56 Å². The maximum atomic E-state index is 11.6. The molecular formula is C12H18N2O3. The third-order valence-electron chi connectivity index (χ3n) is 2.43. The van der Waals surface area contributed by atoms with Gasteiger partial charge in [0.2, 0.25) is 0 Å². The lowest BCUT2D eigenvalue weighted by Crippen LogP contribution is -2.24. The fraction of sp³-hybridized carbons (Fsp3) is 0.417. The zero-order chi connectivity index (χ0) is 12.7. The van der Waals surface area contributed by atoms with E-state index in [9.17, 15) is 15.0 Å². The molecule has 17 heavy (non-hydrogen) atoms. The summed E-state index contributed by atoms with van der Waals surface area (Å²) in [5, 5.41) is 21.4. The molecule has 0 aliphatic carbocycles. The normalized spacial score (nSPS) is 10.2. The third kappa shape index (κ3) is 3.96. The number of nitrogens with two attached hydrogens (primary N) is 1. The zero-order valence-corrected chi connectivity index (χ0v) is 9.65. The first-order chi connectivity index (χ1) is 8.16. The van der Waals surface area contributed by atoms with Crippen molar-refractivity contribution in [2.24, 2.45) is 5.73 Å². The Morgan fingerprint density at radius 3 is 2.71 bits per heavy atom. The summed E-state index contributed by atoms with van der Waals surface area (Å²) < 4.78 is 0. The van der Waals surface area contributed by atoms with Gasteiger partial charge in [-0.05, 0) is 31.5 Å². The van der Waals surface area contributed by atoms with Crippen molar-refractivity contribution in [1.29, 1.82) is 0 Å². The van der Waals surface area contributed by atoms with Crippen LogP contribution < -0.4 is 11.1 Å². The van der Waals surface area contributed by atoms with Gasteiger partial charge >= 0.3 is 0 Å². The molecule has 94 valence electrons. The topological polar surface area (TPSA) is 95.6 Å². The minimum atomic E-state index is -0.383. The van der Waals surface area contributed by atoms with Crippen LogP contribution in [0.15, 0.2) is 18.2 Å². The number of carbonyl (C=O) groups excluding carboxylic acids is 1. The number of carbonyl (C=O) groups is 1. The van der Waals surface area contributed by atoms with Crippen LogP contribution in [0.25, 0.3) is 0 Å². The van der Waals surface area contributed by atoms with E-state index in [1.165, 1.54) is 18.2 Å². The van der Waals surface area contributed by atoms with Gasteiger partial charge in [-0.2, -0.15) is 0 Å². The molecule has 0 bridgehead atoms. The highest BCUT2D eigenvalue weighted by atomic mass is 16.3. The van der Waals surface area contributed by atoms with Crippen LogP contribution in [0.1, 0.15) is 29.6 Å². The Bertz CT molecular complexity index is 380. The number of amides is 1.